The fourth-order valence-electron chi connectivity index (χ4n) is 6.61. The van der Waals surface area contributed by atoms with Crippen molar-refractivity contribution in [3.63, 3.8) is 0 Å². The molecule has 6 rings (SSSR count). The molecule has 1 aliphatic heterocycles. The lowest BCUT2D eigenvalue weighted by molar-refractivity contribution is 0.0950. The van der Waals surface area contributed by atoms with Crippen molar-refractivity contribution in [2.75, 3.05) is 5.32 Å². The Bertz CT molecular complexity index is 1140. The van der Waals surface area contributed by atoms with E-state index >= 15 is 0 Å². The average Bonchev–Trinajstić information content (AvgIpc) is 3.46. The molecule has 2 aliphatic carbocycles. The van der Waals surface area contributed by atoms with E-state index in [4.69, 9.17) is 0 Å². The van der Waals surface area contributed by atoms with Gasteiger partial charge in [0.05, 0.1) is 6.04 Å². The lowest BCUT2D eigenvalue weighted by Crippen LogP contribution is -2.35. The molecule has 2 N–H and O–H groups in total. The molecule has 162 valence electrons. The van der Waals surface area contributed by atoms with Crippen LogP contribution in [-0.4, -0.2) is 5.91 Å². The fourth-order valence-corrected chi connectivity index (χ4v) is 6.61. The van der Waals surface area contributed by atoms with E-state index in [9.17, 15) is 4.79 Å². The zero-order valence-corrected chi connectivity index (χ0v) is 18.6. The number of nitrogens with one attached hydrogen (secondary N) is 2. The summed E-state index contributed by atoms with van der Waals surface area (Å²) in [5.41, 5.74) is 7.09. The number of anilines is 1. The highest BCUT2D eigenvalue weighted by Crippen LogP contribution is 2.63. The number of fused-ring (bicyclic) bond motifs is 7. The van der Waals surface area contributed by atoms with Gasteiger partial charge in [-0.2, -0.15) is 0 Å². The molecule has 3 aliphatic rings. The molecule has 3 nitrogen and oxygen atoms in total. The lowest BCUT2D eigenvalue weighted by atomic mass is 9.68. The summed E-state index contributed by atoms with van der Waals surface area (Å²) < 4.78 is 0. The molecule has 0 unspecified atom stereocenters. The zero-order valence-electron chi connectivity index (χ0n) is 18.6. The molecular formula is C29H30N2O. The predicted molar refractivity (Wildman–Crippen MR) is 129 cm³/mol. The number of benzene rings is 3. The van der Waals surface area contributed by atoms with Gasteiger partial charge in [-0.15, -0.1) is 0 Å². The Morgan fingerprint density at radius 1 is 0.969 bits per heavy atom. The highest BCUT2D eigenvalue weighted by atomic mass is 16.1. The Kier molecular flexibility index (Phi) is 4.78. The topological polar surface area (TPSA) is 41.1 Å². The van der Waals surface area contributed by atoms with Gasteiger partial charge in [0, 0.05) is 17.8 Å². The summed E-state index contributed by atoms with van der Waals surface area (Å²) in [6, 6.07) is 25.9. The molecule has 3 heteroatoms. The van der Waals surface area contributed by atoms with E-state index < -0.39 is 0 Å². The Morgan fingerprint density at radius 2 is 1.75 bits per heavy atom. The summed E-state index contributed by atoms with van der Waals surface area (Å²) >= 11 is 0. The summed E-state index contributed by atoms with van der Waals surface area (Å²) in [5, 5.41) is 6.98. The molecule has 3 aromatic carbocycles. The molecule has 2 saturated carbocycles. The quantitative estimate of drug-likeness (QED) is 0.524. The van der Waals surface area contributed by atoms with Gasteiger partial charge in [0.1, 0.15) is 0 Å². The highest BCUT2D eigenvalue weighted by Gasteiger charge is 2.53. The first kappa shape index (κ1) is 19.6. The van der Waals surface area contributed by atoms with E-state index in [1.54, 1.807) is 0 Å². The second-order valence-electron chi connectivity index (χ2n) is 9.94. The first-order valence-corrected chi connectivity index (χ1v) is 12.0. The molecule has 3 aromatic rings. The van der Waals surface area contributed by atoms with Crippen molar-refractivity contribution in [2.24, 2.45) is 17.8 Å². The molecule has 0 radical (unpaired) electrons. The van der Waals surface area contributed by atoms with Crippen LogP contribution < -0.4 is 10.6 Å². The van der Waals surface area contributed by atoms with Gasteiger partial charge in [-0.05, 0) is 84.7 Å². The van der Waals surface area contributed by atoms with E-state index in [1.165, 1.54) is 41.6 Å². The van der Waals surface area contributed by atoms with Crippen molar-refractivity contribution < 1.29 is 4.79 Å². The van der Waals surface area contributed by atoms with E-state index in [2.05, 4.69) is 84.3 Å². The fraction of sp³-hybridized carbons (Fsp3) is 0.345. The summed E-state index contributed by atoms with van der Waals surface area (Å²) in [4.78, 5) is 13.0. The number of aryl methyl sites for hydroxylation is 1. The SMILES string of the molecule is Cc1ccc(CNC(=O)c2ccc3c(c2)[C@@H]2[C@H]4CC[C@@H](C4)[C@H]2[C@H](c2ccccc2)N3)cc1. The van der Waals surface area contributed by atoms with Crippen molar-refractivity contribution in [3.8, 4) is 0 Å². The van der Waals surface area contributed by atoms with Crippen LogP contribution in [0.2, 0.25) is 0 Å². The van der Waals surface area contributed by atoms with Gasteiger partial charge >= 0.3 is 0 Å². The van der Waals surface area contributed by atoms with E-state index in [0.717, 1.165) is 23.0 Å². The molecular weight excluding hydrogens is 392 g/mol. The number of amides is 1. The third kappa shape index (κ3) is 3.31. The maximum absolute atomic E-state index is 13.0. The standard InChI is InChI=1S/C29H30N2O/c1-18-7-9-19(10-8-18)17-30-29(32)23-13-14-25-24(16-23)26-21-11-12-22(15-21)27(26)28(31-25)20-5-3-2-4-6-20/h2-10,13-14,16,21-22,26-28,31H,11-12,15,17H2,1H3,(H,30,32)/t21-,22-,26-,27+,28-/m0/s1. The second kappa shape index (κ2) is 7.81. The smallest absolute Gasteiger partial charge is 0.251 e. The van der Waals surface area contributed by atoms with Crippen molar-refractivity contribution in [1.82, 2.24) is 5.32 Å². The predicted octanol–water partition coefficient (Wildman–Crippen LogP) is 6.22. The Labute approximate surface area is 190 Å². The molecule has 0 spiro atoms. The van der Waals surface area contributed by atoms with Crippen LogP contribution in [0, 0.1) is 24.7 Å². The Hall–Kier alpha value is -3.07. The van der Waals surface area contributed by atoms with Gasteiger partial charge in [0.25, 0.3) is 5.91 Å². The van der Waals surface area contributed by atoms with Crippen LogP contribution in [0.3, 0.4) is 0 Å². The van der Waals surface area contributed by atoms with Gasteiger partial charge in [0.2, 0.25) is 0 Å². The van der Waals surface area contributed by atoms with Gasteiger partial charge < -0.3 is 10.6 Å². The van der Waals surface area contributed by atoms with Crippen molar-refractivity contribution in [3.05, 3.63) is 101 Å². The normalized spacial score (nSPS) is 27.3. The Balaban J connectivity index is 1.28. The van der Waals surface area contributed by atoms with Crippen LogP contribution >= 0.6 is 0 Å². The molecule has 32 heavy (non-hydrogen) atoms. The first-order valence-electron chi connectivity index (χ1n) is 12.0. The average molecular weight is 423 g/mol. The van der Waals surface area contributed by atoms with Crippen molar-refractivity contribution >= 4 is 11.6 Å². The van der Waals surface area contributed by atoms with Crippen LogP contribution in [0.1, 0.15) is 63.8 Å². The van der Waals surface area contributed by atoms with Crippen LogP contribution in [0.15, 0.2) is 72.8 Å². The van der Waals surface area contributed by atoms with Crippen LogP contribution in [0.25, 0.3) is 0 Å². The third-order valence-electron chi connectivity index (χ3n) is 8.08. The maximum Gasteiger partial charge on any atom is 0.251 e. The molecule has 0 saturated heterocycles. The number of hydrogen-bond donors (Lipinski definition) is 2. The van der Waals surface area contributed by atoms with E-state index in [-0.39, 0.29) is 5.91 Å². The van der Waals surface area contributed by atoms with Crippen LogP contribution in [0.4, 0.5) is 5.69 Å². The van der Waals surface area contributed by atoms with Gasteiger partial charge in [-0.3, -0.25) is 4.79 Å². The number of rotatable bonds is 4. The van der Waals surface area contributed by atoms with Gasteiger partial charge in [0.15, 0.2) is 0 Å². The molecule has 2 fully saturated rings. The zero-order chi connectivity index (χ0) is 21.7. The first-order chi connectivity index (χ1) is 15.7. The second-order valence-corrected chi connectivity index (χ2v) is 9.94. The summed E-state index contributed by atoms with van der Waals surface area (Å²) in [7, 11) is 0. The van der Waals surface area contributed by atoms with E-state index in [0.29, 0.717) is 24.4 Å². The monoisotopic (exact) mass is 422 g/mol. The number of carbonyl (C=O) groups excluding carboxylic acids is 1. The molecule has 0 aromatic heterocycles. The summed E-state index contributed by atoms with van der Waals surface area (Å²) in [6.45, 7) is 2.64. The Morgan fingerprint density at radius 3 is 2.56 bits per heavy atom. The minimum atomic E-state index is 0.0123. The third-order valence-corrected chi connectivity index (χ3v) is 8.08. The molecule has 5 atom stereocenters. The minimum absolute atomic E-state index is 0.0123. The maximum atomic E-state index is 13.0. The van der Waals surface area contributed by atoms with Crippen LogP contribution in [0.5, 0.6) is 0 Å². The molecule has 1 amide bonds. The lowest BCUT2D eigenvalue weighted by Gasteiger charge is -2.43. The molecule has 2 bridgehead atoms. The number of hydrogen-bond acceptors (Lipinski definition) is 2. The van der Waals surface area contributed by atoms with Crippen molar-refractivity contribution in [1.29, 1.82) is 0 Å². The van der Waals surface area contributed by atoms with Gasteiger partial charge in [-0.1, -0.05) is 60.2 Å². The minimum Gasteiger partial charge on any atom is -0.378 e. The summed E-state index contributed by atoms with van der Waals surface area (Å²) in [6.07, 6.45) is 4.02. The highest BCUT2D eigenvalue weighted by molar-refractivity contribution is 5.95. The number of carbonyl (C=O) groups is 1. The van der Waals surface area contributed by atoms with E-state index in [1.807, 2.05) is 6.07 Å². The van der Waals surface area contributed by atoms with Gasteiger partial charge in [-0.25, -0.2) is 0 Å². The van der Waals surface area contributed by atoms with Crippen molar-refractivity contribution in [2.45, 2.75) is 44.7 Å². The van der Waals surface area contributed by atoms with Crippen LogP contribution in [-0.2, 0) is 6.54 Å². The molecule has 1 heterocycles. The largest absolute Gasteiger partial charge is 0.378 e. The summed E-state index contributed by atoms with van der Waals surface area (Å²) in [5.74, 6) is 2.73.